The molecule has 9 nitrogen and oxygen atoms in total. The Morgan fingerprint density at radius 1 is 1.21 bits per heavy atom. The number of nitrogens with zero attached hydrogens (tertiary/aromatic N) is 6. The molecule has 4 rings (SSSR count). The van der Waals surface area contributed by atoms with Crippen LogP contribution in [0.3, 0.4) is 0 Å². The van der Waals surface area contributed by atoms with E-state index in [1.165, 1.54) is 6.08 Å². The Morgan fingerprint density at radius 2 is 1.95 bits per heavy atom. The number of aromatic nitrogens is 2. The number of amides is 1. The van der Waals surface area contributed by atoms with Gasteiger partial charge in [-0.05, 0) is 52.1 Å². The number of carbonyl (C=O) groups excluding carboxylic acids is 1. The number of allylic oxidation sites excluding steroid dienone is 1. The molecule has 39 heavy (non-hydrogen) atoms. The number of carbonyl (C=O) groups is 1. The Balaban J connectivity index is 1.72. The van der Waals surface area contributed by atoms with Crippen molar-refractivity contribution in [2.75, 3.05) is 63.2 Å². The molecule has 9 heteroatoms. The molecule has 2 aromatic rings. The molecule has 1 saturated heterocycles. The molecule has 208 valence electrons. The van der Waals surface area contributed by atoms with Crippen LogP contribution in [0.15, 0.2) is 37.4 Å². The number of phenolic OH excluding ortho intramolecular Hbond substituents is 1. The first-order chi connectivity index (χ1) is 18.7. The van der Waals surface area contributed by atoms with E-state index in [0.29, 0.717) is 45.3 Å². The number of fused-ring (bicyclic) bond motifs is 1. The molecule has 2 aliphatic rings. The largest absolute Gasteiger partial charge is 0.508 e. The Kier molecular flexibility index (Phi) is 8.91. The van der Waals surface area contributed by atoms with Crippen molar-refractivity contribution >= 4 is 29.6 Å². The summed E-state index contributed by atoms with van der Waals surface area (Å²) in [5, 5.41) is 10.5. The molecule has 0 spiro atoms. The van der Waals surface area contributed by atoms with Crippen LogP contribution in [-0.2, 0) is 17.8 Å². The smallest absolute Gasteiger partial charge is 0.318 e. The van der Waals surface area contributed by atoms with Crippen LogP contribution in [0.1, 0.15) is 36.2 Å². The monoisotopic (exact) mass is 532 g/mol. The number of ether oxygens (including phenoxy) is 1. The summed E-state index contributed by atoms with van der Waals surface area (Å²) >= 11 is 0. The first-order valence-corrected chi connectivity index (χ1v) is 13.5. The summed E-state index contributed by atoms with van der Waals surface area (Å²) in [5.41, 5.74) is 4.86. The van der Waals surface area contributed by atoms with Gasteiger partial charge < -0.3 is 29.4 Å². The fourth-order valence-electron chi connectivity index (χ4n) is 5.19. The standard InChI is InChI=1S/C30H40N6O3/c1-7-10-24-22(8-2)18-23(37)19-27(24)36-20-26-25(17-21(36)4)29(32-30(31-26)39-16-15-33(5)6)35-13-11-34(12-14-35)28(38)9-3/h7-10,18-19,21,37H,2-3,11-17,20H2,1,4-6H3/b10-7-. The van der Waals surface area contributed by atoms with E-state index in [1.54, 1.807) is 12.1 Å². The first-order valence-electron chi connectivity index (χ1n) is 13.5. The molecule has 1 atom stereocenters. The second-order valence-electron chi connectivity index (χ2n) is 10.3. The van der Waals surface area contributed by atoms with Crippen molar-refractivity contribution in [2.45, 2.75) is 32.9 Å². The molecule has 0 aliphatic carbocycles. The fourth-order valence-corrected chi connectivity index (χ4v) is 5.19. The van der Waals surface area contributed by atoms with Crippen LogP contribution in [0.25, 0.3) is 12.2 Å². The summed E-state index contributed by atoms with van der Waals surface area (Å²) in [6.45, 7) is 16.1. The molecule has 1 fully saturated rings. The van der Waals surface area contributed by atoms with E-state index >= 15 is 0 Å². The highest BCUT2D eigenvalue weighted by molar-refractivity contribution is 5.87. The van der Waals surface area contributed by atoms with Gasteiger partial charge in [-0.3, -0.25) is 4.79 Å². The predicted octanol–water partition coefficient (Wildman–Crippen LogP) is 3.58. The number of likely N-dealkylation sites (N-methyl/N-ethyl adjacent to an activating group) is 1. The van der Waals surface area contributed by atoms with Gasteiger partial charge in [-0.15, -0.1) is 0 Å². The molecule has 1 aromatic carbocycles. The Labute approximate surface area is 231 Å². The van der Waals surface area contributed by atoms with Crippen LogP contribution in [0, 0.1) is 0 Å². The quantitative estimate of drug-likeness (QED) is 0.491. The molecular weight excluding hydrogens is 492 g/mol. The van der Waals surface area contributed by atoms with Crippen molar-refractivity contribution < 1.29 is 14.6 Å². The molecular formula is C30H40N6O3. The summed E-state index contributed by atoms with van der Waals surface area (Å²) < 4.78 is 6.03. The molecule has 2 aliphatic heterocycles. The number of benzene rings is 1. The van der Waals surface area contributed by atoms with E-state index in [-0.39, 0.29) is 17.7 Å². The van der Waals surface area contributed by atoms with E-state index in [1.807, 2.05) is 38.1 Å². The van der Waals surface area contributed by atoms with Gasteiger partial charge >= 0.3 is 6.01 Å². The van der Waals surface area contributed by atoms with Gasteiger partial charge in [0.25, 0.3) is 0 Å². The number of anilines is 2. The summed E-state index contributed by atoms with van der Waals surface area (Å²) in [6, 6.07) is 4.05. The second-order valence-corrected chi connectivity index (χ2v) is 10.3. The van der Waals surface area contributed by atoms with Gasteiger partial charge in [-0.2, -0.15) is 9.97 Å². The van der Waals surface area contributed by atoms with E-state index in [9.17, 15) is 9.90 Å². The highest BCUT2D eigenvalue weighted by Crippen LogP contribution is 2.38. The summed E-state index contributed by atoms with van der Waals surface area (Å²) in [5.74, 6) is 1.04. The average molecular weight is 533 g/mol. The maximum Gasteiger partial charge on any atom is 0.318 e. The maximum atomic E-state index is 12.1. The molecule has 0 radical (unpaired) electrons. The van der Waals surface area contributed by atoms with Crippen LogP contribution in [0.5, 0.6) is 11.8 Å². The van der Waals surface area contributed by atoms with Gasteiger partial charge in [-0.1, -0.05) is 31.4 Å². The van der Waals surface area contributed by atoms with Crippen LogP contribution < -0.4 is 14.5 Å². The summed E-state index contributed by atoms with van der Waals surface area (Å²) in [4.78, 5) is 30.3. The zero-order valence-electron chi connectivity index (χ0n) is 23.6. The van der Waals surface area contributed by atoms with Gasteiger partial charge in [0.15, 0.2) is 0 Å². The lowest BCUT2D eigenvalue weighted by Crippen LogP contribution is -2.49. The lowest BCUT2D eigenvalue weighted by molar-refractivity contribution is -0.126. The van der Waals surface area contributed by atoms with Crippen molar-refractivity contribution in [1.82, 2.24) is 19.8 Å². The number of aromatic hydroxyl groups is 1. The Bertz CT molecular complexity index is 1250. The van der Waals surface area contributed by atoms with E-state index in [2.05, 4.69) is 40.9 Å². The lowest BCUT2D eigenvalue weighted by atomic mass is 9.95. The molecule has 1 aromatic heterocycles. The average Bonchev–Trinajstić information content (AvgIpc) is 2.92. The predicted molar refractivity (Wildman–Crippen MR) is 157 cm³/mol. The number of hydrogen-bond acceptors (Lipinski definition) is 8. The molecule has 1 N–H and O–H groups in total. The number of hydrogen-bond donors (Lipinski definition) is 1. The minimum atomic E-state index is -0.0433. The van der Waals surface area contributed by atoms with Crippen molar-refractivity contribution in [3.05, 3.63) is 59.8 Å². The fraction of sp³-hybridized carbons (Fsp3) is 0.433. The summed E-state index contributed by atoms with van der Waals surface area (Å²) in [7, 11) is 4.00. The Hall–Kier alpha value is -3.85. The molecule has 0 bridgehead atoms. The highest BCUT2D eigenvalue weighted by atomic mass is 16.5. The molecule has 3 heterocycles. The van der Waals surface area contributed by atoms with Gasteiger partial charge in [0.2, 0.25) is 5.91 Å². The van der Waals surface area contributed by atoms with Crippen molar-refractivity contribution in [1.29, 1.82) is 0 Å². The number of piperazine rings is 1. The zero-order chi connectivity index (χ0) is 28.1. The SMILES string of the molecule is C=CC(=O)N1CCN(c2nc(OCCN(C)C)nc3c2CC(C)N(c2cc(O)cc(C=C)c2/C=C\C)C3)CC1. The second kappa shape index (κ2) is 12.3. The van der Waals surface area contributed by atoms with Crippen molar-refractivity contribution in [3.63, 3.8) is 0 Å². The molecule has 0 saturated carbocycles. The van der Waals surface area contributed by atoms with Crippen LogP contribution in [0.4, 0.5) is 11.5 Å². The lowest BCUT2D eigenvalue weighted by Gasteiger charge is -2.40. The third-order valence-corrected chi connectivity index (χ3v) is 7.27. The van der Waals surface area contributed by atoms with Gasteiger partial charge in [0.1, 0.15) is 18.2 Å². The Morgan fingerprint density at radius 3 is 2.59 bits per heavy atom. The van der Waals surface area contributed by atoms with Crippen molar-refractivity contribution in [2.24, 2.45) is 0 Å². The first kappa shape index (κ1) is 28.2. The van der Waals surface area contributed by atoms with Crippen LogP contribution >= 0.6 is 0 Å². The van der Waals surface area contributed by atoms with Crippen LogP contribution in [-0.4, -0.2) is 90.2 Å². The summed E-state index contributed by atoms with van der Waals surface area (Å²) in [6.07, 6.45) is 7.94. The van der Waals surface area contributed by atoms with E-state index < -0.39 is 0 Å². The van der Waals surface area contributed by atoms with Gasteiger partial charge in [0.05, 0.1) is 12.2 Å². The van der Waals surface area contributed by atoms with E-state index in [4.69, 9.17) is 14.7 Å². The topological polar surface area (TPSA) is 85.3 Å². The van der Waals surface area contributed by atoms with E-state index in [0.717, 1.165) is 46.9 Å². The maximum absolute atomic E-state index is 12.1. The normalized spacial score (nSPS) is 17.5. The zero-order valence-corrected chi connectivity index (χ0v) is 23.6. The number of rotatable bonds is 9. The molecule has 1 unspecified atom stereocenters. The minimum absolute atomic E-state index is 0.0433. The van der Waals surface area contributed by atoms with Gasteiger partial charge in [0, 0.05) is 61.6 Å². The van der Waals surface area contributed by atoms with Crippen molar-refractivity contribution in [3.8, 4) is 11.8 Å². The molecule has 1 amide bonds. The number of phenols is 1. The van der Waals surface area contributed by atoms with Crippen LogP contribution in [0.2, 0.25) is 0 Å². The third kappa shape index (κ3) is 6.25. The van der Waals surface area contributed by atoms with Gasteiger partial charge in [-0.25, -0.2) is 0 Å². The highest BCUT2D eigenvalue weighted by Gasteiger charge is 2.32. The minimum Gasteiger partial charge on any atom is -0.508 e. The third-order valence-electron chi connectivity index (χ3n) is 7.27.